The van der Waals surface area contributed by atoms with Gasteiger partial charge in [-0.2, -0.15) is 0 Å². The lowest BCUT2D eigenvalue weighted by molar-refractivity contribution is 0.930. The summed E-state index contributed by atoms with van der Waals surface area (Å²) in [6.45, 7) is 0. The van der Waals surface area contributed by atoms with E-state index >= 15 is 0 Å². The monoisotopic (exact) mass is 1200 g/mol. The molecule has 0 amide bonds. The van der Waals surface area contributed by atoms with Gasteiger partial charge in [0.25, 0.3) is 0 Å². The van der Waals surface area contributed by atoms with Gasteiger partial charge in [-0.25, -0.2) is 0 Å². The first kappa shape index (κ1) is 58.2. The smallest absolute Gasteiger partial charge is 0.0462 e. The number of allylic oxidation sites excluding steroid dienone is 4. The van der Waals surface area contributed by atoms with Gasteiger partial charge in [-0.1, -0.05) is 249 Å². The number of benzene rings is 14. The summed E-state index contributed by atoms with van der Waals surface area (Å²) in [7, 11) is 0. The van der Waals surface area contributed by atoms with Crippen LogP contribution in [0.4, 0.5) is 62.6 Å². The number of para-hydroxylation sites is 4. The average molecular weight is 1210 g/mol. The lowest BCUT2D eigenvalue weighted by Crippen LogP contribution is -2.17. The SMILES string of the molecule is C1=C(c2ccccc2)CCC(N(c2ccccc2)c2ccc(-c3ccc(N(c4ccccc4)c4ccc(-c5ccc(-c6ccc(N(c7ccccc7)c7ccc(-c8ccc(N(c9ccccc9)c9ccc(-c%10ccccc%10)cc9)cc8)cc7)cc6)cc5)cc4)cc3)cc2)=C1. The molecule has 4 nitrogen and oxygen atoms in total. The molecule has 0 N–H and O–H groups in total. The highest BCUT2D eigenvalue weighted by atomic mass is 15.2. The van der Waals surface area contributed by atoms with Crippen molar-refractivity contribution in [1.29, 1.82) is 0 Å². The largest absolute Gasteiger partial charge is 0.314 e. The molecule has 4 heteroatoms. The molecule has 0 atom stereocenters. The number of hydrogen-bond acceptors (Lipinski definition) is 4. The second kappa shape index (κ2) is 27.1. The molecule has 0 fully saturated rings. The van der Waals surface area contributed by atoms with Crippen LogP contribution in [0, 0.1) is 0 Å². The summed E-state index contributed by atoms with van der Waals surface area (Å²) in [6, 6.07) is 135. The molecule has 0 saturated carbocycles. The fourth-order valence-corrected chi connectivity index (χ4v) is 12.9. The van der Waals surface area contributed by atoms with E-state index in [0.29, 0.717) is 0 Å². The average Bonchev–Trinajstić information content (AvgIpc) is 1.01. The summed E-state index contributed by atoms with van der Waals surface area (Å²) >= 11 is 0. The third-order valence-electron chi connectivity index (χ3n) is 17.8. The third kappa shape index (κ3) is 12.7. The fraction of sp³-hybridized carbons (Fsp3) is 0.0222. The number of nitrogens with zero attached hydrogens (tertiary/aromatic N) is 4. The molecule has 0 radical (unpaired) electrons. The van der Waals surface area contributed by atoms with Crippen molar-refractivity contribution in [3.63, 3.8) is 0 Å². The number of hydrogen-bond donors (Lipinski definition) is 0. The molecule has 0 heterocycles. The first-order valence-electron chi connectivity index (χ1n) is 32.3. The van der Waals surface area contributed by atoms with Crippen LogP contribution < -0.4 is 19.6 Å². The first-order chi connectivity index (χ1) is 46.6. The van der Waals surface area contributed by atoms with Crippen molar-refractivity contribution in [3.8, 4) is 55.6 Å². The summed E-state index contributed by atoms with van der Waals surface area (Å²) in [4.78, 5) is 9.37. The van der Waals surface area contributed by atoms with Crippen LogP contribution in [0.25, 0.3) is 61.2 Å². The summed E-state index contributed by atoms with van der Waals surface area (Å²) in [5, 5.41) is 0. The normalized spacial score (nSPS) is 11.9. The summed E-state index contributed by atoms with van der Waals surface area (Å²) in [5.41, 5.74) is 27.8. The topological polar surface area (TPSA) is 13.0 Å². The van der Waals surface area contributed by atoms with E-state index in [0.717, 1.165) is 103 Å². The second-order valence-corrected chi connectivity index (χ2v) is 23.7. The zero-order valence-corrected chi connectivity index (χ0v) is 52.2. The quantitative estimate of drug-likeness (QED) is 0.0849. The highest BCUT2D eigenvalue weighted by Gasteiger charge is 2.21. The van der Waals surface area contributed by atoms with Crippen LogP contribution in [0.5, 0.6) is 0 Å². The Morgan fingerprint density at radius 1 is 0.138 bits per heavy atom. The van der Waals surface area contributed by atoms with Crippen LogP contribution >= 0.6 is 0 Å². The maximum atomic E-state index is 2.40. The van der Waals surface area contributed by atoms with Crippen LogP contribution in [0.15, 0.2) is 394 Å². The van der Waals surface area contributed by atoms with Gasteiger partial charge in [0.05, 0.1) is 0 Å². The Balaban J connectivity index is 0.627. The Hall–Kier alpha value is -12.2. The van der Waals surface area contributed by atoms with Gasteiger partial charge in [0.1, 0.15) is 0 Å². The Kier molecular flexibility index (Phi) is 16.7. The number of anilines is 11. The second-order valence-electron chi connectivity index (χ2n) is 23.7. The molecule has 0 unspecified atom stereocenters. The molecule has 14 aromatic carbocycles. The van der Waals surface area contributed by atoms with E-state index in [2.05, 4.69) is 408 Å². The first-order valence-corrected chi connectivity index (χ1v) is 32.3. The van der Waals surface area contributed by atoms with Gasteiger partial charge >= 0.3 is 0 Å². The Morgan fingerprint density at radius 3 is 0.553 bits per heavy atom. The predicted molar refractivity (Wildman–Crippen MR) is 398 cm³/mol. The van der Waals surface area contributed by atoms with E-state index in [9.17, 15) is 0 Å². The molecular formula is C90H68N4. The van der Waals surface area contributed by atoms with Gasteiger partial charge in [0, 0.05) is 68.3 Å². The minimum atomic E-state index is 0.959. The predicted octanol–water partition coefficient (Wildman–Crippen LogP) is 25.3. The maximum absolute atomic E-state index is 2.40. The van der Waals surface area contributed by atoms with Gasteiger partial charge in [-0.05, 0) is 219 Å². The molecular weight excluding hydrogens is 1140 g/mol. The standard InChI is InChI=1S/C90H68N4/c1-7-19-67(20-8-1)71-35-51-83(52-36-71)91(79-23-11-3-12-24-79)87-59-43-75(44-60-87)77-47-63-89(64-48-77)93(81-27-15-5-16-28-81)85-55-39-73(40-56-85)69-31-33-70(34-32-69)74-41-57-86(58-42-74)94(82-29-17-6-18-30-82)90-65-49-78(50-66-90)76-45-61-88(62-46-76)92(80-25-13-4-14-26-80)84-53-37-72(38-54-84)68-21-9-2-10-22-68/h1-37,39-53,55-66H,38,54H2. The van der Waals surface area contributed by atoms with Gasteiger partial charge in [0.2, 0.25) is 0 Å². The van der Waals surface area contributed by atoms with Crippen molar-refractivity contribution >= 4 is 68.1 Å². The molecule has 1 aliphatic carbocycles. The minimum absolute atomic E-state index is 0.959. The van der Waals surface area contributed by atoms with Crippen LogP contribution in [-0.4, -0.2) is 0 Å². The Morgan fingerprint density at radius 2 is 0.319 bits per heavy atom. The van der Waals surface area contributed by atoms with E-state index in [1.807, 2.05) is 0 Å². The van der Waals surface area contributed by atoms with E-state index < -0.39 is 0 Å². The molecule has 0 bridgehead atoms. The van der Waals surface area contributed by atoms with Crippen LogP contribution in [0.1, 0.15) is 18.4 Å². The third-order valence-corrected chi connectivity index (χ3v) is 17.8. The lowest BCUT2D eigenvalue weighted by atomic mass is 9.95. The fourth-order valence-electron chi connectivity index (χ4n) is 12.9. The minimum Gasteiger partial charge on any atom is -0.314 e. The zero-order valence-electron chi connectivity index (χ0n) is 52.2. The molecule has 15 rings (SSSR count). The summed E-state index contributed by atoms with van der Waals surface area (Å²) in [5.74, 6) is 0. The van der Waals surface area contributed by atoms with Crippen molar-refractivity contribution in [3.05, 3.63) is 400 Å². The van der Waals surface area contributed by atoms with Crippen molar-refractivity contribution < 1.29 is 0 Å². The summed E-state index contributed by atoms with van der Waals surface area (Å²) in [6.07, 6.45) is 6.54. The molecule has 1 aliphatic rings. The van der Waals surface area contributed by atoms with Crippen LogP contribution in [-0.2, 0) is 0 Å². The molecule has 0 aromatic heterocycles. The Bertz CT molecular complexity index is 4830. The molecule has 448 valence electrons. The molecule has 0 saturated heterocycles. The zero-order chi connectivity index (χ0) is 62.8. The van der Waals surface area contributed by atoms with Crippen LogP contribution in [0.3, 0.4) is 0 Å². The number of rotatable bonds is 18. The van der Waals surface area contributed by atoms with Gasteiger partial charge in [-0.15, -0.1) is 0 Å². The van der Waals surface area contributed by atoms with E-state index in [4.69, 9.17) is 0 Å². The van der Waals surface area contributed by atoms with E-state index in [-0.39, 0.29) is 0 Å². The lowest BCUT2D eigenvalue weighted by Gasteiger charge is -2.30. The van der Waals surface area contributed by atoms with Crippen LogP contribution in [0.2, 0.25) is 0 Å². The molecule has 14 aromatic rings. The molecule has 94 heavy (non-hydrogen) atoms. The van der Waals surface area contributed by atoms with E-state index in [1.54, 1.807) is 0 Å². The van der Waals surface area contributed by atoms with Gasteiger partial charge < -0.3 is 19.6 Å². The van der Waals surface area contributed by atoms with E-state index in [1.165, 1.54) is 44.7 Å². The van der Waals surface area contributed by atoms with Crippen molar-refractivity contribution in [1.82, 2.24) is 0 Å². The summed E-state index contributed by atoms with van der Waals surface area (Å²) < 4.78 is 0. The highest BCUT2D eigenvalue weighted by Crippen LogP contribution is 2.43. The highest BCUT2D eigenvalue weighted by molar-refractivity contribution is 5.85. The van der Waals surface area contributed by atoms with Gasteiger partial charge in [0.15, 0.2) is 0 Å². The van der Waals surface area contributed by atoms with Gasteiger partial charge in [-0.3, -0.25) is 0 Å². The van der Waals surface area contributed by atoms with Crippen molar-refractivity contribution in [2.45, 2.75) is 12.8 Å². The van der Waals surface area contributed by atoms with Crippen molar-refractivity contribution in [2.24, 2.45) is 0 Å². The molecule has 0 aliphatic heterocycles. The Labute approximate surface area is 552 Å². The maximum Gasteiger partial charge on any atom is 0.0462 e. The molecule has 0 spiro atoms. The van der Waals surface area contributed by atoms with Crippen molar-refractivity contribution in [2.75, 3.05) is 19.6 Å².